The number of rotatable bonds is 4. The molecule has 0 atom stereocenters. The van der Waals surface area contributed by atoms with E-state index in [9.17, 15) is 0 Å². The van der Waals surface area contributed by atoms with Crippen molar-refractivity contribution >= 4 is 0 Å². The van der Waals surface area contributed by atoms with Gasteiger partial charge < -0.3 is 9.47 Å². The third-order valence-corrected chi connectivity index (χ3v) is 2.31. The average Bonchev–Trinajstić information content (AvgIpc) is 2.67. The molecule has 1 aliphatic rings. The topological polar surface area (TPSA) is 31.4 Å². The molecule has 0 N–H and O–H groups in total. The third-order valence-electron chi connectivity index (χ3n) is 2.31. The monoisotopic (exact) mass is 193 g/mol. The molecule has 0 unspecified atom stereocenters. The first kappa shape index (κ1) is 9.31. The second-order valence-corrected chi connectivity index (χ2v) is 3.40. The first-order valence-corrected chi connectivity index (χ1v) is 5.15. The summed E-state index contributed by atoms with van der Waals surface area (Å²) >= 11 is 0. The lowest BCUT2D eigenvalue weighted by Gasteiger charge is -2.07. The van der Waals surface area contributed by atoms with E-state index in [0.29, 0.717) is 5.88 Å². The minimum absolute atomic E-state index is 0.661. The Morgan fingerprint density at radius 2 is 2.50 bits per heavy atom. The summed E-state index contributed by atoms with van der Waals surface area (Å²) in [6.07, 6.45) is 4.96. The van der Waals surface area contributed by atoms with Crippen molar-refractivity contribution in [2.24, 2.45) is 0 Å². The first-order chi connectivity index (χ1) is 6.92. The van der Waals surface area contributed by atoms with Crippen molar-refractivity contribution < 1.29 is 9.47 Å². The van der Waals surface area contributed by atoms with Gasteiger partial charge in [-0.25, -0.2) is 4.98 Å². The zero-order valence-corrected chi connectivity index (χ0v) is 8.45. The lowest BCUT2D eigenvalue weighted by atomic mass is 10.2. The van der Waals surface area contributed by atoms with Crippen LogP contribution in [0.15, 0.2) is 12.3 Å². The van der Waals surface area contributed by atoms with E-state index in [2.05, 4.69) is 11.9 Å². The van der Waals surface area contributed by atoms with Gasteiger partial charge in [-0.3, -0.25) is 0 Å². The number of nitrogens with zero attached hydrogens (tertiary/aromatic N) is 1. The summed E-state index contributed by atoms with van der Waals surface area (Å²) < 4.78 is 11.0. The van der Waals surface area contributed by atoms with E-state index in [1.807, 2.05) is 6.07 Å². The summed E-state index contributed by atoms with van der Waals surface area (Å²) in [4.78, 5) is 4.17. The fourth-order valence-electron chi connectivity index (χ4n) is 1.50. The minimum Gasteiger partial charge on any atom is -0.487 e. The van der Waals surface area contributed by atoms with Crippen LogP contribution in [0.4, 0.5) is 0 Å². The van der Waals surface area contributed by atoms with Gasteiger partial charge in [0.15, 0.2) is 5.75 Å². The highest BCUT2D eigenvalue weighted by Gasteiger charge is 2.17. The minimum atomic E-state index is 0.661. The van der Waals surface area contributed by atoms with Gasteiger partial charge in [0, 0.05) is 18.2 Å². The molecule has 3 heteroatoms. The highest BCUT2D eigenvalue weighted by atomic mass is 16.5. The molecule has 3 nitrogen and oxygen atoms in total. The molecule has 76 valence electrons. The van der Waals surface area contributed by atoms with Crippen molar-refractivity contribution in [2.45, 2.75) is 26.2 Å². The Kier molecular flexibility index (Phi) is 2.87. The van der Waals surface area contributed by atoms with Crippen molar-refractivity contribution in [1.29, 1.82) is 0 Å². The normalized spacial score (nSPS) is 13.5. The van der Waals surface area contributed by atoms with Crippen LogP contribution in [0.5, 0.6) is 11.6 Å². The summed E-state index contributed by atoms with van der Waals surface area (Å²) in [6.45, 7) is 3.62. The van der Waals surface area contributed by atoms with Gasteiger partial charge in [0.1, 0.15) is 0 Å². The van der Waals surface area contributed by atoms with Crippen molar-refractivity contribution in [2.75, 3.05) is 13.2 Å². The Labute approximate surface area is 84.1 Å². The van der Waals surface area contributed by atoms with Crippen molar-refractivity contribution in [1.82, 2.24) is 4.98 Å². The van der Waals surface area contributed by atoms with E-state index in [-0.39, 0.29) is 0 Å². The molecule has 0 aliphatic carbocycles. The van der Waals surface area contributed by atoms with Gasteiger partial charge in [0.25, 0.3) is 5.88 Å². The maximum atomic E-state index is 5.55. The molecule has 1 aromatic heterocycles. The van der Waals surface area contributed by atoms with E-state index < -0.39 is 0 Å². The molecule has 0 amide bonds. The van der Waals surface area contributed by atoms with Crippen molar-refractivity contribution in [3.05, 3.63) is 17.8 Å². The highest BCUT2D eigenvalue weighted by molar-refractivity contribution is 5.43. The Balaban J connectivity index is 2.06. The van der Waals surface area contributed by atoms with Crippen LogP contribution >= 0.6 is 0 Å². The van der Waals surface area contributed by atoms with E-state index in [1.165, 1.54) is 5.56 Å². The molecule has 2 heterocycles. The smallest absolute Gasteiger partial charge is 0.257 e. The predicted molar refractivity (Wildman–Crippen MR) is 53.8 cm³/mol. The second kappa shape index (κ2) is 4.31. The number of hydrogen-bond donors (Lipinski definition) is 0. The largest absolute Gasteiger partial charge is 0.487 e. The lowest BCUT2D eigenvalue weighted by molar-refractivity contribution is 0.270. The van der Waals surface area contributed by atoms with Crippen LogP contribution in [0.25, 0.3) is 0 Å². The van der Waals surface area contributed by atoms with Crippen LogP contribution in [0.2, 0.25) is 0 Å². The standard InChI is InChI=1S/C11H15NO2/c1-2-3-7-14-11-10-9(4-6-12-11)5-8-13-10/h4,6H,2-3,5,7-8H2,1H3. The zero-order valence-electron chi connectivity index (χ0n) is 8.45. The summed E-state index contributed by atoms with van der Waals surface area (Å²) in [7, 11) is 0. The molecule has 0 saturated carbocycles. The Bertz CT molecular complexity index is 312. The van der Waals surface area contributed by atoms with E-state index in [0.717, 1.165) is 38.2 Å². The molecule has 0 aromatic carbocycles. The fourth-order valence-corrected chi connectivity index (χ4v) is 1.50. The molecule has 2 rings (SSSR count). The van der Waals surface area contributed by atoms with E-state index in [1.54, 1.807) is 6.20 Å². The van der Waals surface area contributed by atoms with Gasteiger partial charge in [0.05, 0.1) is 13.2 Å². The lowest BCUT2D eigenvalue weighted by Crippen LogP contribution is -2.00. The van der Waals surface area contributed by atoms with Crippen LogP contribution in [0, 0.1) is 0 Å². The number of hydrogen-bond acceptors (Lipinski definition) is 3. The van der Waals surface area contributed by atoms with Gasteiger partial charge in [-0.1, -0.05) is 13.3 Å². The fraction of sp³-hybridized carbons (Fsp3) is 0.545. The maximum Gasteiger partial charge on any atom is 0.257 e. The highest BCUT2D eigenvalue weighted by Crippen LogP contribution is 2.33. The summed E-state index contributed by atoms with van der Waals surface area (Å²) in [5.74, 6) is 1.51. The van der Waals surface area contributed by atoms with E-state index in [4.69, 9.17) is 9.47 Å². The molecule has 0 spiro atoms. The quantitative estimate of drug-likeness (QED) is 0.687. The Morgan fingerprint density at radius 3 is 3.36 bits per heavy atom. The third kappa shape index (κ3) is 1.81. The van der Waals surface area contributed by atoms with Gasteiger partial charge in [-0.15, -0.1) is 0 Å². The molecule has 0 fully saturated rings. The van der Waals surface area contributed by atoms with Crippen molar-refractivity contribution in [3.8, 4) is 11.6 Å². The SMILES string of the molecule is CCCCOc1nccc2c1OCC2. The molecule has 1 aromatic rings. The molecular formula is C11H15NO2. The van der Waals surface area contributed by atoms with Crippen LogP contribution < -0.4 is 9.47 Å². The zero-order chi connectivity index (χ0) is 9.80. The first-order valence-electron chi connectivity index (χ1n) is 5.15. The molecule has 1 aliphatic heterocycles. The summed E-state index contributed by atoms with van der Waals surface area (Å²) in [5, 5.41) is 0. The van der Waals surface area contributed by atoms with Crippen LogP contribution in [-0.4, -0.2) is 18.2 Å². The molecular weight excluding hydrogens is 178 g/mol. The maximum absolute atomic E-state index is 5.55. The van der Waals surface area contributed by atoms with Gasteiger partial charge in [-0.05, 0) is 12.5 Å². The number of unbranched alkanes of at least 4 members (excludes halogenated alkanes) is 1. The van der Waals surface area contributed by atoms with Crippen molar-refractivity contribution in [3.63, 3.8) is 0 Å². The number of ether oxygens (including phenoxy) is 2. The number of aromatic nitrogens is 1. The predicted octanol–water partition coefficient (Wildman–Crippen LogP) is 2.20. The van der Waals surface area contributed by atoms with E-state index >= 15 is 0 Å². The number of pyridine rings is 1. The van der Waals surface area contributed by atoms with Gasteiger partial charge in [0.2, 0.25) is 0 Å². The Morgan fingerprint density at radius 1 is 1.57 bits per heavy atom. The summed E-state index contributed by atoms with van der Waals surface area (Å²) in [6, 6.07) is 2.00. The Hall–Kier alpha value is -1.25. The molecule has 0 saturated heterocycles. The summed E-state index contributed by atoms with van der Waals surface area (Å²) in [5.41, 5.74) is 1.21. The number of fused-ring (bicyclic) bond motifs is 1. The van der Waals surface area contributed by atoms with Crippen LogP contribution in [0.3, 0.4) is 0 Å². The molecule has 0 bridgehead atoms. The van der Waals surface area contributed by atoms with Gasteiger partial charge in [-0.2, -0.15) is 0 Å². The van der Waals surface area contributed by atoms with Crippen LogP contribution in [-0.2, 0) is 6.42 Å². The van der Waals surface area contributed by atoms with Crippen LogP contribution in [0.1, 0.15) is 25.3 Å². The van der Waals surface area contributed by atoms with Gasteiger partial charge >= 0.3 is 0 Å². The molecule has 0 radical (unpaired) electrons. The second-order valence-electron chi connectivity index (χ2n) is 3.40. The molecule has 14 heavy (non-hydrogen) atoms. The average molecular weight is 193 g/mol.